The number of anilines is 1. The van der Waals surface area contributed by atoms with Crippen molar-refractivity contribution >= 4 is 53.7 Å². The van der Waals surface area contributed by atoms with Crippen molar-refractivity contribution in [1.82, 2.24) is 5.32 Å². The monoisotopic (exact) mass is 378 g/mol. The van der Waals surface area contributed by atoms with Crippen molar-refractivity contribution in [2.75, 3.05) is 18.4 Å². The summed E-state index contributed by atoms with van der Waals surface area (Å²) in [6.45, 7) is 2.11. The van der Waals surface area contributed by atoms with Crippen molar-refractivity contribution in [3.8, 4) is 11.1 Å². The highest BCUT2D eigenvalue weighted by Crippen LogP contribution is 2.29. The second-order valence-corrected chi connectivity index (χ2v) is 5.86. The van der Waals surface area contributed by atoms with Crippen molar-refractivity contribution in [2.24, 2.45) is 0 Å². The fourth-order valence-electron chi connectivity index (χ4n) is 2.48. The van der Waals surface area contributed by atoms with E-state index in [9.17, 15) is 0 Å². The SMILES string of the molecule is Cl.Cl.Clc1ccc(-c2cccc(N[C@H]3CCNC3)c2)cc1Cl. The minimum atomic E-state index is 0. The number of rotatable bonds is 3. The highest BCUT2D eigenvalue weighted by Gasteiger charge is 2.13. The molecule has 0 spiro atoms. The molecule has 1 aliphatic rings. The maximum atomic E-state index is 6.09. The van der Waals surface area contributed by atoms with Crippen LogP contribution in [0.4, 0.5) is 5.69 Å². The molecule has 1 fully saturated rings. The van der Waals surface area contributed by atoms with Gasteiger partial charge in [0.1, 0.15) is 0 Å². The Morgan fingerprint density at radius 2 is 1.73 bits per heavy atom. The summed E-state index contributed by atoms with van der Waals surface area (Å²) in [5.74, 6) is 0. The lowest BCUT2D eigenvalue weighted by Crippen LogP contribution is -2.21. The lowest BCUT2D eigenvalue weighted by atomic mass is 10.0. The van der Waals surface area contributed by atoms with Crippen LogP contribution < -0.4 is 10.6 Å². The first-order valence-electron chi connectivity index (χ1n) is 6.75. The van der Waals surface area contributed by atoms with Gasteiger partial charge < -0.3 is 10.6 Å². The van der Waals surface area contributed by atoms with Crippen LogP contribution in [0, 0.1) is 0 Å². The second-order valence-electron chi connectivity index (χ2n) is 5.04. The predicted octanol–water partition coefficient (Wildman–Crippen LogP) is 5.28. The van der Waals surface area contributed by atoms with E-state index in [-0.39, 0.29) is 24.8 Å². The molecular formula is C16H18Cl4N2. The highest BCUT2D eigenvalue weighted by molar-refractivity contribution is 6.42. The number of hydrogen-bond donors (Lipinski definition) is 2. The van der Waals surface area contributed by atoms with E-state index in [0.717, 1.165) is 36.3 Å². The summed E-state index contributed by atoms with van der Waals surface area (Å²) in [5.41, 5.74) is 3.36. The zero-order valence-electron chi connectivity index (χ0n) is 11.8. The largest absolute Gasteiger partial charge is 0.381 e. The molecule has 2 N–H and O–H groups in total. The van der Waals surface area contributed by atoms with E-state index < -0.39 is 0 Å². The van der Waals surface area contributed by atoms with Gasteiger partial charge in [0.25, 0.3) is 0 Å². The maximum absolute atomic E-state index is 6.09. The zero-order chi connectivity index (χ0) is 13.9. The molecule has 1 heterocycles. The van der Waals surface area contributed by atoms with E-state index >= 15 is 0 Å². The van der Waals surface area contributed by atoms with Crippen LogP contribution in [0.2, 0.25) is 10.0 Å². The topological polar surface area (TPSA) is 24.1 Å². The second kappa shape index (κ2) is 8.85. The molecule has 2 aromatic carbocycles. The van der Waals surface area contributed by atoms with Gasteiger partial charge in [0.15, 0.2) is 0 Å². The van der Waals surface area contributed by atoms with Crippen molar-refractivity contribution in [1.29, 1.82) is 0 Å². The average Bonchev–Trinajstić information content (AvgIpc) is 2.95. The molecule has 0 bridgehead atoms. The summed E-state index contributed by atoms with van der Waals surface area (Å²) in [7, 11) is 0. The van der Waals surface area contributed by atoms with Crippen LogP contribution in [0.15, 0.2) is 42.5 Å². The number of nitrogens with one attached hydrogen (secondary N) is 2. The van der Waals surface area contributed by atoms with Gasteiger partial charge in [-0.15, -0.1) is 24.8 Å². The van der Waals surface area contributed by atoms with Gasteiger partial charge in [0.05, 0.1) is 10.0 Å². The van der Waals surface area contributed by atoms with Crippen LogP contribution >= 0.6 is 48.0 Å². The van der Waals surface area contributed by atoms with Gasteiger partial charge in [-0.1, -0.05) is 41.4 Å². The third-order valence-corrected chi connectivity index (χ3v) is 4.29. The molecule has 2 aromatic rings. The molecular weight excluding hydrogens is 362 g/mol. The molecule has 0 radical (unpaired) electrons. The highest BCUT2D eigenvalue weighted by atomic mass is 35.5. The van der Waals surface area contributed by atoms with Gasteiger partial charge in [-0.2, -0.15) is 0 Å². The first kappa shape index (κ1) is 19.4. The van der Waals surface area contributed by atoms with Crippen LogP contribution in [0.5, 0.6) is 0 Å². The average molecular weight is 380 g/mol. The van der Waals surface area contributed by atoms with Crippen LogP contribution in [0.1, 0.15) is 6.42 Å². The third kappa shape index (κ3) is 4.68. The summed E-state index contributed by atoms with van der Waals surface area (Å²) < 4.78 is 0. The van der Waals surface area contributed by atoms with E-state index in [4.69, 9.17) is 23.2 Å². The predicted molar refractivity (Wildman–Crippen MR) is 101 cm³/mol. The van der Waals surface area contributed by atoms with Crippen LogP contribution in [-0.2, 0) is 0 Å². The van der Waals surface area contributed by atoms with Crippen molar-refractivity contribution < 1.29 is 0 Å². The lowest BCUT2D eigenvalue weighted by Gasteiger charge is -2.14. The van der Waals surface area contributed by atoms with E-state index in [1.165, 1.54) is 0 Å². The Balaban J connectivity index is 0.00000121. The van der Waals surface area contributed by atoms with E-state index in [1.54, 1.807) is 0 Å². The van der Waals surface area contributed by atoms with Crippen molar-refractivity contribution in [3.05, 3.63) is 52.5 Å². The summed E-state index contributed by atoms with van der Waals surface area (Å²) in [4.78, 5) is 0. The molecule has 6 heteroatoms. The normalized spacial score (nSPS) is 16.5. The Morgan fingerprint density at radius 3 is 2.41 bits per heavy atom. The molecule has 1 saturated heterocycles. The Bertz CT molecular complexity index is 613. The first-order valence-corrected chi connectivity index (χ1v) is 7.51. The Morgan fingerprint density at radius 1 is 0.955 bits per heavy atom. The fraction of sp³-hybridized carbons (Fsp3) is 0.250. The Labute approximate surface area is 153 Å². The van der Waals surface area contributed by atoms with Gasteiger partial charge in [0.2, 0.25) is 0 Å². The first-order chi connectivity index (χ1) is 9.72. The van der Waals surface area contributed by atoms with Crippen molar-refractivity contribution in [2.45, 2.75) is 12.5 Å². The molecule has 0 unspecified atom stereocenters. The zero-order valence-corrected chi connectivity index (χ0v) is 15.0. The molecule has 120 valence electrons. The van der Waals surface area contributed by atoms with Gasteiger partial charge in [0, 0.05) is 18.3 Å². The minimum absolute atomic E-state index is 0. The summed E-state index contributed by atoms with van der Waals surface area (Å²) >= 11 is 12.0. The quantitative estimate of drug-likeness (QED) is 0.758. The van der Waals surface area contributed by atoms with Gasteiger partial charge >= 0.3 is 0 Å². The number of benzene rings is 2. The van der Waals surface area contributed by atoms with Gasteiger partial charge in [-0.3, -0.25) is 0 Å². The van der Waals surface area contributed by atoms with Gasteiger partial charge in [-0.25, -0.2) is 0 Å². The number of hydrogen-bond acceptors (Lipinski definition) is 2. The molecule has 0 amide bonds. The molecule has 0 saturated carbocycles. The third-order valence-electron chi connectivity index (χ3n) is 3.55. The minimum Gasteiger partial charge on any atom is -0.381 e. The van der Waals surface area contributed by atoms with Crippen LogP contribution in [-0.4, -0.2) is 19.1 Å². The molecule has 1 atom stereocenters. The van der Waals surface area contributed by atoms with Crippen molar-refractivity contribution in [3.63, 3.8) is 0 Å². The fourth-order valence-corrected chi connectivity index (χ4v) is 2.78. The standard InChI is InChI=1S/C16H16Cl2N2.2ClH/c17-15-5-4-12(9-16(15)18)11-2-1-3-13(8-11)20-14-6-7-19-10-14;;/h1-5,8-9,14,19-20H,6-7,10H2;2*1H/t14-;;/m0../s1. The Kier molecular flexibility index (Phi) is 7.81. The summed E-state index contributed by atoms with van der Waals surface area (Å²) in [6.07, 6.45) is 1.16. The molecule has 2 nitrogen and oxygen atoms in total. The lowest BCUT2D eigenvalue weighted by molar-refractivity contribution is 0.793. The van der Waals surface area contributed by atoms with Gasteiger partial charge in [-0.05, 0) is 48.4 Å². The molecule has 1 aliphatic heterocycles. The maximum Gasteiger partial charge on any atom is 0.0598 e. The van der Waals surface area contributed by atoms with E-state index in [0.29, 0.717) is 16.1 Å². The smallest absolute Gasteiger partial charge is 0.0598 e. The van der Waals surface area contributed by atoms with E-state index in [1.807, 2.05) is 18.2 Å². The molecule has 22 heavy (non-hydrogen) atoms. The molecule has 0 aromatic heterocycles. The molecule has 0 aliphatic carbocycles. The summed E-state index contributed by atoms with van der Waals surface area (Å²) in [5, 5.41) is 8.08. The Hall–Kier alpha value is -0.640. The number of halogens is 4. The summed E-state index contributed by atoms with van der Waals surface area (Å²) in [6, 6.07) is 14.6. The van der Waals surface area contributed by atoms with Crippen LogP contribution in [0.25, 0.3) is 11.1 Å². The van der Waals surface area contributed by atoms with Crippen LogP contribution in [0.3, 0.4) is 0 Å². The van der Waals surface area contributed by atoms with E-state index in [2.05, 4.69) is 34.9 Å². The molecule has 3 rings (SSSR count).